The zero-order valence-corrected chi connectivity index (χ0v) is 15.0. The summed E-state index contributed by atoms with van der Waals surface area (Å²) < 4.78 is 5.42. The van der Waals surface area contributed by atoms with Gasteiger partial charge in [-0.15, -0.1) is 0 Å². The number of aryl methyl sites for hydroxylation is 1. The molecule has 1 aromatic heterocycles. The van der Waals surface area contributed by atoms with E-state index in [9.17, 15) is 9.59 Å². The lowest BCUT2D eigenvalue weighted by atomic mass is 10.1. The molecule has 1 aliphatic rings. The minimum atomic E-state index is -0.507. The Bertz CT molecular complexity index is 569. The van der Waals surface area contributed by atoms with Gasteiger partial charge in [-0.05, 0) is 46.2 Å². The Balaban J connectivity index is 1.83. The Morgan fingerprint density at radius 3 is 2.62 bits per heavy atom. The van der Waals surface area contributed by atoms with E-state index in [0.29, 0.717) is 32.5 Å². The molecule has 1 saturated heterocycles. The van der Waals surface area contributed by atoms with Crippen LogP contribution < -0.4 is 0 Å². The topological polar surface area (TPSA) is 62.7 Å². The van der Waals surface area contributed by atoms with Crippen LogP contribution in [0.5, 0.6) is 0 Å². The molecule has 6 nitrogen and oxygen atoms in total. The second-order valence-corrected chi connectivity index (χ2v) is 7.18. The maximum Gasteiger partial charge on any atom is 0.410 e. The number of piperazine rings is 1. The fourth-order valence-electron chi connectivity index (χ4n) is 2.72. The molecule has 1 fully saturated rings. The Kier molecular flexibility index (Phi) is 5.80. The highest BCUT2D eigenvalue weighted by Gasteiger charge is 2.32. The van der Waals surface area contributed by atoms with Gasteiger partial charge in [0, 0.05) is 44.0 Å². The molecule has 1 aromatic rings. The van der Waals surface area contributed by atoms with Gasteiger partial charge >= 0.3 is 6.09 Å². The maximum atomic E-state index is 12.4. The van der Waals surface area contributed by atoms with Crippen LogP contribution in [0.4, 0.5) is 4.79 Å². The Labute approximate surface area is 143 Å². The standard InChI is InChI=1S/C18H27N3O3/c1-14-13-20(11-12-21(14)17(23)24-18(2,3)4)16(22)9-8-15-7-5-6-10-19-15/h5-7,10,14H,8-9,11-13H2,1-4H3/t14-/m1/s1. The number of nitrogens with zero attached hydrogens (tertiary/aromatic N) is 3. The number of hydrogen-bond acceptors (Lipinski definition) is 4. The first kappa shape index (κ1) is 18.2. The van der Waals surface area contributed by atoms with Gasteiger partial charge in [0.25, 0.3) is 0 Å². The van der Waals surface area contributed by atoms with Crippen molar-refractivity contribution in [1.29, 1.82) is 0 Å². The highest BCUT2D eigenvalue weighted by atomic mass is 16.6. The molecule has 132 valence electrons. The van der Waals surface area contributed by atoms with E-state index in [-0.39, 0.29) is 18.0 Å². The van der Waals surface area contributed by atoms with Crippen molar-refractivity contribution < 1.29 is 14.3 Å². The van der Waals surface area contributed by atoms with E-state index in [1.807, 2.05) is 50.8 Å². The molecule has 0 unspecified atom stereocenters. The summed E-state index contributed by atoms with van der Waals surface area (Å²) in [7, 11) is 0. The summed E-state index contributed by atoms with van der Waals surface area (Å²) in [4.78, 5) is 32.4. The predicted molar refractivity (Wildman–Crippen MR) is 91.5 cm³/mol. The highest BCUT2D eigenvalue weighted by Crippen LogP contribution is 2.16. The van der Waals surface area contributed by atoms with Crippen LogP contribution in [-0.2, 0) is 16.0 Å². The number of amides is 2. The summed E-state index contributed by atoms with van der Waals surface area (Å²) >= 11 is 0. The summed E-state index contributed by atoms with van der Waals surface area (Å²) in [6.07, 6.45) is 2.51. The van der Waals surface area contributed by atoms with Gasteiger partial charge in [-0.3, -0.25) is 9.78 Å². The lowest BCUT2D eigenvalue weighted by molar-refractivity contribution is -0.134. The Morgan fingerprint density at radius 1 is 1.29 bits per heavy atom. The number of ether oxygens (including phenoxy) is 1. The minimum absolute atomic E-state index is 0.0487. The van der Waals surface area contributed by atoms with Crippen LogP contribution in [0.1, 0.15) is 39.8 Å². The SMILES string of the molecule is C[C@@H]1CN(C(=O)CCc2ccccn2)CCN1C(=O)OC(C)(C)C. The van der Waals surface area contributed by atoms with Crippen molar-refractivity contribution in [3.8, 4) is 0 Å². The van der Waals surface area contributed by atoms with Crippen molar-refractivity contribution in [3.05, 3.63) is 30.1 Å². The normalized spacial score (nSPS) is 18.4. The molecule has 24 heavy (non-hydrogen) atoms. The smallest absolute Gasteiger partial charge is 0.410 e. The van der Waals surface area contributed by atoms with Gasteiger partial charge in [0.2, 0.25) is 5.91 Å². The van der Waals surface area contributed by atoms with E-state index in [1.165, 1.54) is 0 Å². The van der Waals surface area contributed by atoms with E-state index < -0.39 is 5.60 Å². The Morgan fingerprint density at radius 2 is 2.04 bits per heavy atom. The number of carbonyl (C=O) groups is 2. The number of aromatic nitrogens is 1. The fraction of sp³-hybridized carbons (Fsp3) is 0.611. The summed E-state index contributed by atoms with van der Waals surface area (Å²) in [6, 6.07) is 5.67. The maximum absolute atomic E-state index is 12.4. The van der Waals surface area contributed by atoms with Gasteiger partial charge in [-0.25, -0.2) is 4.79 Å². The molecular weight excluding hydrogens is 306 g/mol. The number of rotatable bonds is 3. The second-order valence-electron chi connectivity index (χ2n) is 7.18. The third-order valence-electron chi connectivity index (χ3n) is 3.93. The molecule has 2 rings (SSSR count). The molecule has 2 amide bonds. The number of pyridine rings is 1. The minimum Gasteiger partial charge on any atom is -0.444 e. The van der Waals surface area contributed by atoms with Gasteiger partial charge in [-0.1, -0.05) is 6.07 Å². The van der Waals surface area contributed by atoms with Gasteiger partial charge in [0.15, 0.2) is 0 Å². The summed E-state index contributed by atoms with van der Waals surface area (Å²) in [5, 5.41) is 0. The molecule has 6 heteroatoms. The van der Waals surface area contributed by atoms with Crippen molar-refractivity contribution in [2.45, 2.75) is 52.2 Å². The van der Waals surface area contributed by atoms with Crippen LogP contribution in [0.15, 0.2) is 24.4 Å². The molecule has 0 bridgehead atoms. The summed E-state index contributed by atoms with van der Waals surface area (Å²) in [5.74, 6) is 0.108. The second kappa shape index (κ2) is 7.64. The van der Waals surface area contributed by atoms with Gasteiger partial charge in [0.1, 0.15) is 5.60 Å². The summed E-state index contributed by atoms with van der Waals surface area (Å²) in [5.41, 5.74) is 0.415. The first-order chi connectivity index (χ1) is 11.3. The number of hydrogen-bond donors (Lipinski definition) is 0. The number of carbonyl (C=O) groups excluding carboxylic acids is 2. The van der Waals surface area contributed by atoms with Crippen molar-refractivity contribution in [2.24, 2.45) is 0 Å². The van der Waals surface area contributed by atoms with E-state index in [0.717, 1.165) is 5.69 Å². The zero-order valence-electron chi connectivity index (χ0n) is 15.0. The third-order valence-corrected chi connectivity index (χ3v) is 3.93. The molecule has 1 atom stereocenters. The first-order valence-corrected chi connectivity index (χ1v) is 8.43. The Hall–Kier alpha value is -2.11. The van der Waals surface area contributed by atoms with Crippen LogP contribution in [0.2, 0.25) is 0 Å². The monoisotopic (exact) mass is 333 g/mol. The zero-order chi connectivity index (χ0) is 17.7. The van der Waals surface area contributed by atoms with Crippen molar-refractivity contribution in [2.75, 3.05) is 19.6 Å². The molecular formula is C18H27N3O3. The molecule has 1 aliphatic heterocycles. The van der Waals surface area contributed by atoms with E-state index in [2.05, 4.69) is 4.98 Å². The van der Waals surface area contributed by atoms with Crippen LogP contribution in [0.25, 0.3) is 0 Å². The van der Waals surface area contributed by atoms with Gasteiger partial charge < -0.3 is 14.5 Å². The van der Waals surface area contributed by atoms with Gasteiger partial charge in [0.05, 0.1) is 0 Å². The van der Waals surface area contributed by atoms with Crippen LogP contribution in [0, 0.1) is 0 Å². The van der Waals surface area contributed by atoms with Crippen LogP contribution in [0.3, 0.4) is 0 Å². The van der Waals surface area contributed by atoms with E-state index in [1.54, 1.807) is 11.1 Å². The average molecular weight is 333 g/mol. The van der Waals surface area contributed by atoms with Crippen LogP contribution in [-0.4, -0.2) is 58.1 Å². The van der Waals surface area contributed by atoms with E-state index >= 15 is 0 Å². The highest BCUT2D eigenvalue weighted by molar-refractivity contribution is 5.77. The third kappa shape index (κ3) is 5.22. The molecule has 0 aliphatic carbocycles. The summed E-state index contributed by atoms with van der Waals surface area (Å²) in [6.45, 7) is 9.10. The quantitative estimate of drug-likeness (QED) is 0.852. The van der Waals surface area contributed by atoms with E-state index in [4.69, 9.17) is 4.74 Å². The predicted octanol–water partition coefficient (Wildman–Crippen LogP) is 2.48. The lowest BCUT2D eigenvalue weighted by Crippen LogP contribution is -2.56. The molecule has 2 heterocycles. The molecule has 0 saturated carbocycles. The first-order valence-electron chi connectivity index (χ1n) is 8.43. The van der Waals surface area contributed by atoms with Crippen molar-refractivity contribution >= 4 is 12.0 Å². The molecule has 0 aromatic carbocycles. The lowest BCUT2D eigenvalue weighted by Gasteiger charge is -2.40. The molecule has 0 N–H and O–H groups in total. The molecule has 0 spiro atoms. The van der Waals surface area contributed by atoms with Crippen molar-refractivity contribution in [1.82, 2.24) is 14.8 Å². The molecule has 0 radical (unpaired) electrons. The largest absolute Gasteiger partial charge is 0.444 e. The average Bonchev–Trinajstić information content (AvgIpc) is 2.51. The van der Waals surface area contributed by atoms with Gasteiger partial charge in [-0.2, -0.15) is 0 Å². The van der Waals surface area contributed by atoms with Crippen LogP contribution >= 0.6 is 0 Å². The fourth-order valence-corrected chi connectivity index (χ4v) is 2.72. The van der Waals surface area contributed by atoms with Crippen molar-refractivity contribution in [3.63, 3.8) is 0 Å².